The molecule has 30 heavy (non-hydrogen) atoms. The number of carbonyl (C=O) groups is 1. The molecule has 2 N–H and O–H groups in total. The van der Waals surface area contributed by atoms with Crippen LogP contribution < -0.4 is 14.8 Å². The summed E-state index contributed by atoms with van der Waals surface area (Å²) >= 11 is 0. The minimum Gasteiger partial charge on any atom is -0.497 e. The van der Waals surface area contributed by atoms with Gasteiger partial charge in [-0.3, -0.25) is 4.79 Å². The Balaban J connectivity index is 1.59. The van der Waals surface area contributed by atoms with Gasteiger partial charge >= 0.3 is 0 Å². The fraction of sp³-hybridized carbons (Fsp3) is 0.174. The summed E-state index contributed by atoms with van der Waals surface area (Å²) < 4.78 is 32.4. The fourth-order valence-corrected chi connectivity index (χ4v) is 3.91. The molecule has 0 bridgehead atoms. The number of rotatable bonds is 8. The topological polar surface area (TPSA) is 84.5 Å². The monoisotopic (exact) mass is 424 g/mol. The Kier molecular flexibility index (Phi) is 6.87. The Labute approximate surface area is 177 Å². The zero-order valence-electron chi connectivity index (χ0n) is 16.8. The van der Waals surface area contributed by atoms with Crippen LogP contribution in [-0.4, -0.2) is 21.4 Å². The molecule has 3 aromatic rings. The predicted molar refractivity (Wildman–Crippen MR) is 116 cm³/mol. The maximum Gasteiger partial charge on any atom is 0.251 e. The van der Waals surface area contributed by atoms with Crippen LogP contribution in [0.2, 0.25) is 0 Å². The third-order valence-corrected chi connectivity index (χ3v) is 6.12. The normalized spacial score (nSPS) is 12.2. The van der Waals surface area contributed by atoms with Crippen molar-refractivity contribution >= 4 is 15.9 Å². The van der Waals surface area contributed by atoms with Gasteiger partial charge < -0.3 is 10.1 Å². The number of methoxy groups -OCH3 is 1. The molecule has 0 heterocycles. The van der Waals surface area contributed by atoms with Crippen molar-refractivity contribution in [1.82, 2.24) is 10.0 Å². The second-order valence-corrected chi connectivity index (χ2v) is 8.57. The molecular formula is C23H24N2O4S. The van der Waals surface area contributed by atoms with E-state index in [0.717, 1.165) is 11.1 Å². The maximum atomic E-state index is 12.5. The zero-order valence-corrected chi connectivity index (χ0v) is 17.6. The van der Waals surface area contributed by atoms with Gasteiger partial charge in [-0.05, 0) is 54.4 Å². The molecule has 0 radical (unpaired) electrons. The van der Waals surface area contributed by atoms with Crippen molar-refractivity contribution in [1.29, 1.82) is 0 Å². The van der Waals surface area contributed by atoms with Crippen LogP contribution in [0.1, 0.15) is 34.5 Å². The van der Waals surface area contributed by atoms with Gasteiger partial charge in [0.1, 0.15) is 5.75 Å². The molecule has 156 valence electrons. The smallest absolute Gasteiger partial charge is 0.251 e. The van der Waals surface area contributed by atoms with Crippen molar-refractivity contribution in [2.45, 2.75) is 24.4 Å². The van der Waals surface area contributed by atoms with E-state index in [9.17, 15) is 13.2 Å². The van der Waals surface area contributed by atoms with Gasteiger partial charge in [-0.15, -0.1) is 0 Å². The second kappa shape index (κ2) is 9.56. The molecule has 0 aliphatic carbocycles. The zero-order chi connectivity index (χ0) is 21.6. The Hall–Kier alpha value is -3.16. The quantitative estimate of drug-likeness (QED) is 0.578. The average molecular weight is 425 g/mol. The molecule has 1 atom stereocenters. The SMILES string of the molecule is COc1ccc(S(=O)(=O)NCc2ccc(C(=O)N[C@@H](C)c3ccccc3)cc2)cc1. The molecule has 0 spiro atoms. The number of carbonyl (C=O) groups excluding carboxylic acids is 1. The van der Waals surface area contributed by atoms with E-state index in [1.54, 1.807) is 36.4 Å². The first kappa shape index (κ1) is 21.5. The average Bonchev–Trinajstić information content (AvgIpc) is 2.78. The second-order valence-electron chi connectivity index (χ2n) is 6.80. The van der Waals surface area contributed by atoms with E-state index in [0.29, 0.717) is 11.3 Å². The molecular weight excluding hydrogens is 400 g/mol. The van der Waals surface area contributed by atoms with Crippen molar-refractivity contribution in [3.05, 3.63) is 95.6 Å². The van der Waals surface area contributed by atoms with Crippen molar-refractivity contribution in [3.8, 4) is 5.75 Å². The first-order valence-electron chi connectivity index (χ1n) is 9.47. The number of hydrogen-bond donors (Lipinski definition) is 2. The highest BCUT2D eigenvalue weighted by Gasteiger charge is 2.14. The summed E-state index contributed by atoms with van der Waals surface area (Å²) in [4.78, 5) is 12.6. The van der Waals surface area contributed by atoms with Crippen LogP contribution in [-0.2, 0) is 16.6 Å². The molecule has 0 saturated carbocycles. The van der Waals surface area contributed by atoms with E-state index < -0.39 is 10.0 Å². The largest absolute Gasteiger partial charge is 0.497 e. The number of benzene rings is 3. The Morgan fingerprint density at radius 1 is 0.933 bits per heavy atom. The molecule has 7 heteroatoms. The Bertz CT molecular complexity index is 1080. The summed E-state index contributed by atoms with van der Waals surface area (Å²) in [6, 6.07) is 22.6. The summed E-state index contributed by atoms with van der Waals surface area (Å²) in [5.74, 6) is 0.404. The van der Waals surface area contributed by atoms with Gasteiger partial charge in [0.15, 0.2) is 0 Å². The van der Waals surface area contributed by atoms with Crippen LogP contribution in [0.4, 0.5) is 0 Å². The number of nitrogens with one attached hydrogen (secondary N) is 2. The Morgan fingerprint density at radius 2 is 1.57 bits per heavy atom. The summed E-state index contributed by atoms with van der Waals surface area (Å²) in [5.41, 5.74) is 2.29. The van der Waals surface area contributed by atoms with Crippen LogP contribution in [0.3, 0.4) is 0 Å². The maximum absolute atomic E-state index is 12.5. The lowest BCUT2D eigenvalue weighted by atomic mass is 10.1. The van der Waals surface area contributed by atoms with Gasteiger partial charge in [0.25, 0.3) is 5.91 Å². The van der Waals surface area contributed by atoms with Gasteiger partial charge in [0.2, 0.25) is 10.0 Å². The minimum atomic E-state index is -3.64. The predicted octanol–water partition coefficient (Wildman–Crippen LogP) is 3.66. The third kappa shape index (κ3) is 5.46. The molecule has 0 aliphatic heterocycles. The van der Waals surface area contributed by atoms with Crippen LogP contribution >= 0.6 is 0 Å². The number of sulfonamides is 1. The van der Waals surface area contributed by atoms with E-state index in [1.165, 1.54) is 19.2 Å². The lowest BCUT2D eigenvalue weighted by molar-refractivity contribution is 0.0940. The van der Waals surface area contributed by atoms with Gasteiger partial charge in [-0.2, -0.15) is 0 Å². The molecule has 0 saturated heterocycles. The molecule has 0 fully saturated rings. The Morgan fingerprint density at radius 3 is 2.17 bits per heavy atom. The number of hydrogen-bond acceptors (Lipinski definition) is 4. The molecule has 0 aromatic heterocycles. The molecule has 0 unspecified atom stereocenters. The lowest BCUT2D eigenvalue weighted by Crippen LogP contribution is -2.26. The number of ether oxygens (including phenoxy) is 1. The van der Waals surface area contributed by atoms with Crippen molar-refractivity contribution in [2.24, 2.45) is 0 Å². The number of amides is 1. The van der Waals surface area contributed by atoms with Gasteiger partial charge in [-0.1, -0.05) is 42.5 Å². The molecule has 1 amide bonds. The first-order chi connectivity index (χ1) is 14.4. The third-order valence-electron chi connectivity index (χ3n) is 4.70. The standard InChI is InChI=1S/C23H24N2O4S/c1-17(19-6-4-3-5-7-19)25-23(26)20-10-8-18(9-11-20)16-24-30(27,28)22-14-12-21(29-2)13-15-22/h3-15,17,24H,16H2,1-2H3,(H,25,26)/t17-/m0/s1. The van der Waals surface area contributed by atoms with E-state index in [1.807, 2.05) is 37.3 Å². The minimum absolute atomic E-state index is 0.116. The van der Waals surface area contributed by atoms with E-state index >= 15 is 0 Å². The first-order valence-corrected chi connectivity index (χ1v) is 11.0. The summed E-state index contributed by atoms with van der Waals surface area (Å²) in [6.07, 6.45) is 0. The summed E-state index contributed by atoms with van der Waals surface area (Å²) in [5, 5.41) is 2.96. The summed E-state index contributed by atoms with van der Waals surface area (Å²) in [6.45, 7) is 2.05. The molecule has 6 nitrogen and oxygen atoms in total. The fourth-order valence-electron chi connectivity index (χ4n) is 2.90. The highest BCUT2D eigenvalue weighted by atomic mass is 32.2. The highest BCUT2D eigenvalue weighted by Crippen LogP contribution is 2.16. The summed E-state index contributed by atoms with van der Waals surface area (Å²) in [7, 11) is -2.12. The van der Waals surface area contributed by atoms with Crippen molar-refractivity contribution in [3.63, 3.8) is 0 Å². The van der Waals surface area contributed by atoms with Gasteiger partial charge in [0, 0.05) is 12.1 Å². The van der Waals surface area contributed by atoms with E-state index in [4.69, 9.17) is 4.74 Å². The highest BCUT2D eigenvalue weighted by molar-refractivity contribution is 7.89. The lowest BCUT2D eigenvalue weighted by Gasteiger charge is -2.14. The van der Waals surface area contributed by atoms with Crippen LogP contribution in [0.5, 0.6) is 5.75 Å². The molecule has 3 aromatic carbocycles. The van der Waals surface area contributed by atoms with Crippen LogP contribution in [0.25, 0.3) is 0 Å². The van der Waals surface area contributed by atoms with Crippen LogP contribution in [0.15, 0.2) is 83.8 Å². The van der Waals surface area contributed by atoms with Crippen molar-refractivity contribution < 1.29 is 17.9 Å². The molecule has 0 aliphatic rings. The van der Waals surface area contributed by atoms with Gasteiger partial charge in [-0.25, -0.2) is 13.1 Å². The van der Waals surface area contributed by atoms with Crippen molar-refractivity contribution in [2.75, 3.05) is 7.11 Å². The van der Waals surface area contributed by atoms with Gasteiger partial charge in [0.05, 0.1) is 18.0 Å². The molecule has 3 rings (SSSR count). The van der Waals surface area contributed by atoms with E-state index in [2.05, 4.69) is 10.0 Å². The van der Waals surface area contributed by atoms with E-state index in [-0.39, 0.29) is 23.4 Å². The van der Waals surface area contributed by atoms with Crippen LogP contribution in [0, 0.1) is 0 Å².